The van der Waals surface area contributed by atoms with Gasteiger partial charge in [-0.3, -0.25) is 19.8 Å². The highest BCUT2D eigenvalue weighted by Gasteiger charge is 2.43. The molecule has 0 radical (unpaired) electrons. The van der Waals surface area contributed by atoms with E-state index in [1.54, 1.807) is 12.1 Å². The van der Waals surface area contributed by atoms with Crippen LogP contribution in [-0.2, 0) is 18.9 Å². The highest BCUT2D eigenvalue weighted by molar-refractivity contribution is 6.05. The van der Waals surface area contributed by atoms with E-state index < -0.39 is 66.2 Å². The monoisotopic (exact) mass is 1070 g/mol. The Morgan fingerprint density at radius 3 is 1.76 bits per heavy atom. The molecule has 6 atom stereocenters. The average molecular weight is 1080 g/mol. The number of aromatic nitrogens is 6. The first-order chi connectivity index (χ1) is 35.8. The predicted molar refractivity (Wildman–Crippen MR) is 262 cm³/mol. The first-order valence-electron chi connectivity index (χ1n) is 24.7. The number of anilines is 6. The van der Waals surface area contributed by atoms with E-state index in [0.717, 1.165) is 39.0 Å². The van der Waals surface area contributed by atoms with Crippen LogP contribution in [0.4, 0.5) is 66.0 Å². The lowest BCUT2D eigenvalue weighted by molar-refractivity contribution is -0.169. The molecule has 4 aromatic heterocycles. The number of urea groups is 1. The molecule has 76 heavy (non-hydrogen) atoms. The maximum absolute atomic E-state index is 13.3. The van der Waals surface area contributed by atoms with Gasteiger partial charge in [0.25, 0.3) is 0 Å². The molecule has 4 N–H and O–H groups in total. The van der Waals surface area contributed by atoms with Gasteiger partial charge in [-0.1, -0.05) is 13.8 Å². The van der Waals surface area contributed by atoms with E-state index in [2.05, 4.69) is 45.4 Å². The third-order valence-corrected chi connectivity index (χ3v) is 13.1. The Morgan fingerprint density at radius 1 is 0.737 bits per heavy atom. The first-order valence-corrected chi connectivity index (χ1v) is 24.7. The highest BCUT2D eigenvalue weighted by Crippen LogP contribution is 2.40. The number of amides is 2. The summed E-state index contributed by atoms with van der Waals surface area (Å²) < 4.78 is 110. The number of hydrogen-bond donors (Lipinski definition) is 3. The summed E-state index contributed by atoms with van der Waals surface area (Å²) in [5, 5.41) is 5.88. The normalized spacial score (nSPS) is 22.4. The van der Waals surface area contributed by atoms with Gasteiger partial charge in [-0.15, -0.1) is 0 Å². The Bertz CT molecular complexity index is 2700. The molecule has 10 rings (SSSR count). The van der Waals surface area contributed by atoms with E-state index in [1.807, 2.05) is 32.6 Å². The van der Waals surface area contributed by atoms with Crippen LogP contribution < -0.4 is 40.5 Å². The molecule has 2 amide bonds. The summed E-state index contributed by atoms with van der Waals surface area (Å²) in [7, 11) is 0. The number of halogens is 6. The van der Waals surface area contributed by atoms with Gasteiger partial charge in [0, 0.05) is 45.1 Å². The minimum atomic E-state index is -4.49. The van der Waals surface area contributed by atoms with Gasteiger partial charge in [-0.2, -0.15) is 26.3 Å². The summed E-state index contributed by atoms with van der Waals surface area (Å²) in [6.07, 6.45) is -2.87. The molecule has 0 saturated carbocycles. The van der Waals surface area contributed by atoms with Crippen LogP contribution in [0.2, 0.25) is 0 Å². The van der Waals surface area contributed by atoms with Crippen molar-refractivity contribution in [2.75, 3.05) is 83.7 Å². The van der Waals surface area contributed by atoms with Gasteiger partial charge in [0.1, 0.15) is 36.8 Å². The number of ketones is 2. The lowest BCUT2D eigenvalue weighted by atomic mass is 10.0. The van der Waals surface area contributed by atoms with Crippen LogP contribution >= 0.6 is 0 Å². The molecule has 4 aromatic rings. The molecule has 4 fully saturated rings. The van der Waals surface area contributed by atoms with E-state index >= 15 is 0 Å². The molecule has 21 nitrogen and oxygen atoms in total. The topological polar surface area (TPSA) is 244 Å². The Labute approximate surface area is 433 Å². The molecule has 0 aromatic carbocycles. The average Bonchev–Trinajstić information content (AvgIpc) is 4.15. The largest absolute Gasteiger partial charge is 0.488 e. The van der Waals surface area contributed by atoms with Gasteiger partial charge >= 0.3 is 18.4 Å². The molecule has 10 heterocycles. The fraction of sp³-hybridized carbons (Fsp3) is 0.571. The Morgan fingerprint density at radius 2 is 1.24 bits per heavy atom. The number of carbonyl (C=O) groups excluding carboxylic acids is 3. The smallest absolute Gasteiger partial charge is 0.391 e. The Balaban J connectivity index is 0.000000172. The Hall–Kier alpha value is -6.71. The van der Waals surface area contributed by atoms with Gasteiger partial charge < -0.3 is 49.3 Å². The van der Waals surface area contributed by atoms with E-state index in [1.165, 1.54) is 41.8 Å². The summed E-state index contributed by atoms with van der Waals surface area (Å²) >= 11 is 0. The number of hydrogen-bond acceptors (Lipinski definition) is 19. The van der Waals surface area contributed by atoms with E-state index in [9.17, 15) is 40.7 Å². The van der Waals surface area contributed by atoms with Crippen LogP contribution in [-0.4, -0.2) is 148 Å². The molecule has 412 valence electrons. The third-order valence-electron chi connectivity index (χ3n) is 13.1. The number of pyridine rings is 2. The van der Waals surface area contributed by atoms with Crippen LogP contribution in [0.15, 0.2) is 49.1 Å². The summed E-state index contributed by atoms with van der Waals surface area (Å²) in [5.74, 6) is -3.92. The number of Topliss-reactive ketones (excluding diaryl/α,β-unsaturated/α-hetero) is 2. The number of nitrogens with two attached hydrogens (primary N) is 1. The second kappa shape index (κ2) is 22.5. The number of carbonyl (C=O) groups is 3. The number of nitrogens with zero attached hydrogens (tertiary/aromatic N) is 9. The van der Waals surface area contributed by atoms with Crippen molar-refractivity contribution in [1.82, 2.24) is 29.9 Å². The molecule has 0 aliphatic carbocycles. The first kappa shape index (κ1) is 55.5. The van der Waals surface area contributed by atoms with Crippen molar-refractivity contribution < 1.29 is 69.1 Å². The van der Waals surface area contributed by atoms with Gasteiger partial charge in [0.05, 0.1) is 67.3 Å². The second-order valence-corrected chi connectivity index (χ2v) is 20.1. The van der Waals surface area contributed by atoms with Crippen LogP contribution in [0.1, 0.15) is 88.2 Å². The fourth-order valence-corrected chi connectivity index (χ4v) is 8.96. The zero-order chi connectivity index (χ0) is 54.7. The lowest BCUT2D eigenvalue weighted by Gasteiger charge is -2.35. The zero-order valence-corrected chi connectivity index (χ0v) is 42.6. The summed E-state index contributed by atoms with van der Waals surface area (Å²) in [6.45, 7) is 14.0. The minimum Gasteiger partial charge on any atom is -0.488 e. The van der Waals surface area contributed by atoms with Crippen LogP contribution in [0.3, 0.4) is 0 Å². The highest BCUT2D eigenvalue weighted by atomic mass is 19.4. The van der Waals surface area contributed by atoms with Crippen molar-refractivity contribution in [2.24, 2.45) is 11.8 Å². The number of rotatable bonds is 13. The number of ether oxygens (including phenoxy) is 6. The van der Waals surface area contributed by atoms with Gasteiger partial charge in [-0.25, -0.2) is 34.7 Å². The van der Waals surface area contributed by atoms with Crippen molar-refractivity contribution in [3.05, 3.63) is 60.4 Å². The minimum absolute atomic E-state index is 0.0298. The van der Waals surface area contributed by atoms with Crippen molar-refractivity contribution in [1.29, 1.82) is 0 Å². The van der Waals surface area contributed by atoms with E-state index in [-0.39, 0.29) is 54.0 Å². The van der Waals surface area contributed by atoms with Gasteiger partial charge in [0.2, 0.25) is 11.9 Å². The summed E-state index contributed by atoms with van der Waals surface area (Å²) in [5.41, 5.74) is 6.88. The van der Waals surface area contributed by atoms with Crippen molar-refractivity contribution in [3.8, 4) is 11.5 Å². The summed E-state index contributed by atoms with van der Waals surface area (Å²) in [6, 6.07) is 5.83. The number of nitrogens with one attached hydrogen (secondary N) is 2. The molecule has 6 aliphatic heterocycles. The maximum atomic E-state index is 13.3. The third kappa shape index (κ3) is 14.0. The van der Waals surface area contributed by atoms with Crippen LogP contribution in [0, 0.1) is 11.8 Å². The molecule has 0 spiro atoms. The molecule has 27 heteroatoms. The molecular formula is C49H60F6N12O9. The van der Waals surface area contributed by atoms with E-state index in [4.69, 9.17) is 34.2 Å². The second-order valence-electron chi connectivity index (χ2n) is 20.1. The molecule has 0 unspecified atom stereocenters. The maximum Gasteiger partial charge on any atom is 0.391 e. The number of alkyl halides is 6. The zero-order valence-electron chi connectivity index (χ0n) is 42.6. The molecule has 6 aliphatic rings. The quantitative estimate of drug-likeness (QED) is 0.0882. The van der Waals surface area contributed by atoms with Gasteiger partial charge in [0.15, 0.2) is 46.3 Å². The SMILES string of the molecule is CC1(C)OC[C@@H](COc2cnc(N)nc2)O1.C[C@@H](CC(=O)c1ccc2c(n1)N(C(=O)Nc1ncc(OC[C@@H]3COC(C)(C)O3)cn1)[C@H]1CCN2C1)C(F)(F)F.C[C@@H](CC(=O)c1ccc2c(n1)N[C@H]1CCN2C1)C(F)(F)F. The number of fused-ring (bicyclic) bond motifs is 8. The van der Waals surface area contributed by atoms with Crippen molar-refractivity contribution >= 4 is 52.5 Å². The summed E-state index contributed by atoms with van der Waals surface area (Å²) in [4.78, 5) is 68.0. The number of nitrogen functional groups attached to an aromatic ring is 1. The van der Waals surface area contributed by atoms with E-state index in [0.29, 0.717) is 68.4 Å². The van der Waals surface area contributed by atoms with Crippen LogP contribution in [0.5, 0.6) is 11.5 Å². The Kier molecular flexibility index (Phi) is 16.4. The molecular weight excluding hydrogens is 1010 g/mol. The van der Waals surface area contributed by atoms with Crippen molar-refractivity contribution in [3.63, 3.8) is 0 Å². The van der Waals surface area contributed by atoms with Crippen molar-refractivity contribution in [2.45, 2.75) is 115 Å². The van der Waals surface area contributed by atoms with Crippen LogP contribution in [0.25, 0.3) is 0 Å². The lowest BCUT2D eigenvalue weighted by Crippen LogP contribution is -2.48. The fourth-order valence-electron chi connectivity index (χ4n) is 8.96. The predicted octanol–water partition coefficient (Wildman–Crippen LogP) is 7.25. The van der Waals surface area contributed by atoms with Gasteiger partial charge in [-0.05, 0) is 64.8 Å². The molecule has 4 saturated heterocycles. The molecule has 4 bridgehead atoms. The standard InChI is InChI=1S/C25H29F3N6O5.C14H16F3N3O.C10H15N3O3/c1-14(25(26,27)28)8-20(35)18-4-5-19-21(31-18)34(15-6-7-33(19)11-15)23(36)32-22-29-9-16(10-30-22)37-12-17-13-38-24(2,3)39-17;1-8(14(15,16)17)6-12(21)10-2-3-11-13(19-10)18-9-4-5-20(11)7-9;1-10(2)15-6-8(16-10)5-14-7-3-12-9(11)13-4-7/h4-5,9-10,14-15,17H,6-8,11-13H2,1-3H3,(H,29,30,32,36);2-3,8-9H,4-7H2,1H3,(H,18,19);3-4,8H,5-6H2,1-2H3,(H2,11,12,13)/t14-,15-,17+;8-,9-;8-/m001/s1.